The molecule has 0 aromatic heterocycles. The van der Waals surface area contributed by atoms with Crippen LogP contribution < -0.4 is 5.73 Å². The second kappa shape index (κ2) is 6.33. The molecule has 1 aliphatic carbocycles. The van der Waals surface area contributed by atoms with Crippen LogP contribution in [0.1, 0.15) is 46.5 Å². The van der Waals surface area contributed by atoms with Gasteiger partial charge in [-0.05, 0) is 44.7 Å². The monoisotopic (exact) mass is 281 g/mol. The first kappa shape index (κ1) is 16.3. The van der Waals surface area contributed by atoms with Gasteiger partial charge in [-0.2, -0.15) is 0 Å². The van der Waals surface area contributed by atoms with Crippen LogP contribution in [0.5, 0.6) is 0 Å². The lowest BCUT2D eigenvalue weighted by atomic mass is 9.67. The Morgan fingerprint density at radius 2 is 1.95 bits per heavy atom. The van der Waals surface area contributed by atoms with Gasteiger partial charge in [0.15, 0.2) is 0 Å². The highest BCUT2D eigenvalue weighted by molar-refractivity contribution is 5.05. The maximum atomic E-state index is 6.36. The molecule has 0 aromatic rings. The molecule has 2 fully saturated rings. The second-order valence-corrected chi connectivity index (χ2v) is 7.82. The average Bonchev–Trinajstić information content (AvgIpc) is 2.81. The van der Waals surface area contributed by atoms with Crippen molar-refractivity contribution in [2.24, 2.45) is 23.5 Å². The molecule has 20 heavy (non-hydrogen) atoms. The number of likely N-dealkylation sites (N-methyl/N-ethyl adjacent to an activating group) is 1. The molecule has 1 aliphatic heterocycles. The van der Waals surface area contributed by atoms with Crippen molar-refractivity contribution in [3.05, 3.63) is 0 Å². The number of nitrogens with zero attached hydrogens (tertiary/aromatic N) is 2. The van der Waals surface area contributed by atoms with E-state index in [1.807, 2.05) is 0 Å². The van der Waals surface area contributed by atoms with Crippen LogP contribution in [0.25, 0.3) is 0 Å². The molecule has 4 unspecified atom stereocenters. The summed E-state index contributed by atoms with van der Waals surface area (Å²) in [5, 5.41) is 0. The molecule has 0 spiro atoms. The molecule has 0 radical (unpaired) electrons. The van der Waals surface area contributed by atoms with E-state index in [-0.39, 0.29) is 5.54 Å². The molecule has 3 heteroatoms. The molecule has 2 rings (SSSR count). The number of hydrogen-bond donors (Lipinski definition) is 1. The molecule has 2 aliphatic rings. The summed E-state index contributed by atoms with van der Waals surface area (Å²) in [4.78, 5) is 5.17. The predicted octanol–water partition coefficient (Wildman–Crippen LogP) is 2.41. The van der Waals surface area contributed by atoms with E-state index in [1.165, 1.54) is 38.8 Å². The van der Waals surface area contributed by atoms with Crippen molar-refractivity contribution in [1.82, 2.24) is 9.80 Å². The van der Waals surface area contributed by atoms with Crippen molar-refractivity contribution in [3.63, 3.8) is 0 Å². The van der Waals surface area contributed by atoms with E-state index in [9.17, 15) is 0 Å². The molecule has 0 aromatic carbocycles. The molecule has 4 atom stereocenters. The predicted molar refractivity (Wildman–Crippen MR) is 86.8 cm³/mol. The van der Waals surface area contributed by atoms with Crippen LogP contribution in [0, 0.1) is 17.8 Å². The van der Waals surface area contributed by atoms with Gasteiger partial charge in [0.2, 0.25) is 0 Å². The molecule has 0 amide bonds. The molecule has 2 N–H and O–H groups in total. The summed E-state index contributed by atoms with van der Waals surface area (Å²) in [6.45, 7) is 10.5. The largest absolute Gasteiger partial charge is 0.329 e. The zero-order chi connectivity index (χ0) is 14.9. The first-order valence-corrected chi connectivity index (χ1v) is 8.54. The average molecular weight is 281 g/mol. The molecule has 0 bridgehead atoms. The summed E-state index contributed by atoms with van der Waals surface area (Å²) in [6, 6.07) is 0.688. The van der Waals surface area contributed by atoms with Gasteiger partial charge in [0.05, 0.1) is 0 Å². The highest BCUT2D eigenvalue weighted by Crippen LogP contribution is 2.44. The quantitative estimate of drug-likeness (QED) is 0.859. The van der Waals surface area contributed by atoms with Gasteiger partial charge in [-0.15, -0.1) is 0 Å². The topological polar surface area (TPSA) is 32.5 Å². The fraction of sp³-hybridized carbons (Fsp3) is 1.00. The minimum atomic E-state index is 0.269. The molecule has 1 heterocycles. The van der Waals surface area contributed by atoms with Gasteiger partial charge in [0.25, 0.3) is 0 Å². The maximum Gasteiger partial charge on any atom is 0.0363 e. The lowest BCUT2D eigenvalue weighted by molar-refractivity contribution is -0.00281. The summed E-state index contributed by atoms with van der Waals surface area (Å²) in [7, 11) is 4.45. The SMILES string of the molecule is CC(C)C1CCCCC1(CN)N1CC(C)C(N(C)C)C1. The van der Waals surface area contributed by atoms with Crippen molar-refractivity contribution in [2.45, 2.75) is 58.0 Å². The number of rotatable bonds is 4. The first-order valence-electron chi connectivity index (χ1n) is 8.54. The van der Waals surface area contributed by atoms with Gasteiger partial charge in [-0.3, -0.25) is 4.90 Å². The highest BCUT2D eigenvalue weighted by Gasteiger charge is 2.49. The molecular formula is C17H35N3. The van der Waals surface area contributed by atoms with E-state index in [2.05, 4.69) is 44.7 Å². The van der Waals surface area contributed by atoms with Crippen LogP contribution in [0.15, 0.2) is 0 Å². The van der Waals surface area contributed by atoms with Gasteiger partial charge in [0, 0.05) is 31.2 Å². The molecule has 118 valence electrons. The normalized spacial score (nSPS) is 39.9. The number of nitrogens with two attached hydrogens (primary N) is 1. The van der Waals surface area contributed by atoms with E-state index >= 15 is 0 Å². The Balaban J connectivity index is 2.22. The van der Waals surface area contributed by atoms with E-state index < -0.39 is 0 Å². The van der Waals surface area contributed by atoms with Crippen LogP contribution in [0.4, 0.5) is 0 Å². The third-order valence-electron chi connectivity index (χ3n) is 6.09. The maximum absolute atomic E-state index is 6.36. The van der Waals surface area contributed by atoms with Gasteiger partial charge >= 0.3 is 0 Å². The summed E-state index contributed by atoms with van der Waals surface area (Å²) in [6.07, 6.45) is 5.43. The Hall–Kier alpha value is -0.120. The van der Waals surface area contributed by atoms with Crippen molar-refractivity contribution >= 4 is 0 Å². The number of likely N-dealkylation sites (tertiary alicyclic amines) is 1. The minimum Gasteiger partial charge on any atom is -0.329 e. The van der Waals surface area contributed by atoms with Gasteiger partial charge in [-0.1, -0.05) is 33.6 Å². The minimum absolute atomic E-state index is 0.269. The lowest BCUT2D eigenvalue weighted by Gasteiger charge is -2.51. The summed E-state index contributed by atoms with van der Waals surface area (Å²) < 4.78 is 0. The van der Waals surface area contributed by atoms with Crippen LogP contribution in [-0.4, -0.2) is 55.1 Å². The fourth-order valence-corrected chi connectivity index (χ4v) is 4.96. The third kappa shape index (κ3) is 2.77. The Morgan fingerprint density at radius 3 is 2.45 bits per heavy atom. The Labute approximate surface area is 125 Å². The van der Waals surface area contributed by atoms with E-state index in [0.717, 1.165) is 24.3 Å². The molecule has 1 saturated heterocycles. The van der Waals surface area contributed by atoms with Gasteiger partial charge < -0.3 is 10.6 Å². The summed E-state index contributed by atoms with van der Waals surface area (Å²) >= 11 is 0. The van der Waals surface area contributed by atoms with Crippen LogP contribution >= 0.6 is 0 Å². The Bertz CT molecular complexity index is 315. The lowest BCUT2D eigenvalue weighted by Crippen LogP contribution is -2.60. The Morgan fingerprint density at radius 1 is 1.25 bits per heavy atom. The summed E-state index contributed by atoms with van der Waals surface area (Å²) in [5.74, 6) is 2.27. The highest BCUT2D eigenvalue weighted by atomic mass is 15.3. The second-order valence-electron chi connectivity index (χ2n) is 7.82. The fourth-order valence-electron chi connectivity index (χ4n) is 4.96. The van der Waals surface area contributed by atoms with Gasteiger partial charge in [0.1, 0.15) is 0 Å². The van der Waals surface area contributed by atoms with E-state index in [1.54, 1.807) is 0 Å². The van der Waals surface area contributed by atoms with Crippen molar-refractivity contribution in [1.29, 1.82) is 0 Å². The molecule has 1 saturated carbocycles. The zero-order valence-corrected chi connectivity index (χ0v) is 14.2. The van der Waals surface area contributed by atoms with Gasteiger partial charge in [-0.25, -0.2) is 0 Å². The van der Waals surface area contributed by atoms with Crippen molar-refractivity contribution in [2.75, 3.05) is 33.7 Å². The standard InChI is InChI=1S/C17H35N3/c1-13(2)15-8-6-7-9-17(15,12-18)20-10-14(3)16(11-20)19(4)5/h13-16H,6-12,18H2,1-5H3. The van der Waals surface area contributed by atoms with E-state index in [0.29, 0.717) is 6.04 Å². The summed E-state index contributed by atoms with van der Waals surface area (Å²) in [5.41, 5.74) is 6.63. The van der Waals surface area contributed by atoms with Crippen molar-refractivity contribution in [3.8, 4) is 0 Å². The van der Waals surface area contributed by atoms with E-state index in [4.69, 9.17) is 5.73 Å². The zero-order valence-electron chi connectivity index (χ0n) is 14.2. The molecule has 3 nitrogen and oxygen atoms in total. The number of hydrogen-bond acceptors (Lipinski definition) is 3. The molecular weight excluding hydrogens is 246 g/mol. The first-order chi connectivity index (χ1) is 9.42. The van der Waals surface area contributed by atoms with Crippen LogP contribution in [0.2, 0.25) is 0 Å². The Kier molecular flexibility index (Phi) is 5.14. The smallest absolute Gasteiger partial charge is 0.0363 e. The van der Waals surface area contributed by atoms with Crippen LogP contribution in [0.3, 0.4) is 0 Å². The van der Waals surface area contributed by atoms with Crippen molar-refractivity contribution < 1.29 is 0 Å². The van der Waals surface area contributed by atoms with Crippen LogP contribution in [-0.2, 0) is 0 Å². The third-order valence-corrected chi connectivity index (χ3v) is 6.09.